The van der Waals surface area contributed by atoms with Crippen molar-refractivity contribution in [1.82, 2.24) is 4.90 Å². The highest BCUT2D eigenvalue weighted by molar-refractivity contribution is 7.14. The fourth-order valence-corrected chi connectivity index (χ4v) is 2.79. The Labute approximate surface area is 106 Å². The molecule has 4 nitrogen and oxygen atoms in total. The average Bonchev–Trinajstić information content (AvgIpc) is 2.83. The third-order valence-electron chi connectivity index (χ3n) is 3.17. The van der Waals surface area contributed by atoms with Crippen LogP contribution in [-0.2, 0) is 4.79 Å². The van der Waals surface area contributed by atoms with Gasteiger partial charge >= 0.3 is 0 Å². The number of nitrogens with one attached hydrogen (secondary N) is 1. The Morgan fingerprint density at radius 3 is 2.88 bits per heavy atom. The number of thiophene rings is 1. The van der Waals surface area contributed by atoms with Crippen molar-refractivity contribution in [3.63, 3.8) is 0 Å². The molecule has 0 unspecified atom stereocenters. The molecule has 2 rings (SSSR count). The molecule has 1 amide bonds. The molecule has 3 N–H and O–H groups in total. The van der Waals surface area contributed by atoms with Crippen LogP contribution in [0.5, 0.6) is 0 Å². The Morgan fingerprint density at radius 2 is 2.29 bits per heavy atom. The third kappa shape index (κ3) is 3.52. The lowest BCUT2D eigenvalue weighted by Gasteiger charge is -2.30. The topological polar surface area (TPSA) is 58.4 Å². The highest BCUT2D eigenvalue weighted by Crippen LogP contribution is 2.21. The minimum atomic E-state index is 0.158. The van der Waals surface area contributed by atoms with E-state index in [0.717, 1.165) is 37.5 Å². The molecule has 0 bridgehead atoms. The summed E-state index contributed by atoms with van der Waals surface area (Å²) in [5, 5.41) is 5.89. The van der Waals surface area contributed by atoms with Crippen LogP contribution in [-0.4, -0.2) is 37.0 Å². The van der Waals surface area contributed by atoms with E-state index in [2.05, 4.69) is 10.2 Å². The van der Waals surface area contributed by atoms with Crippen LogP contribution >= 0.6 is 11.3 Å². The van der Waals surface area contributed by atoms with E-state index in [1.54, 1.807) is 11.3 Å². The van der Waals surface area contributed by atoms with Crippen LogP contribution in [0.1, 0.15) is 12.8 Å². The number of carbonyl (C=O) groups excluding carboxylic acids is 1. The van der Waals surface area contributed by atoms with Gasteiger partial charge in [0.1, 0.15) is 0 Å². The molecule has 2 heterocycles. The first kappa shape index (κ1) is 12.5. The number of amides is 1. The summed E-state index contributed by atoms with van der Waals surface area (Å²) in [5.41, 5.74) is 5.52. The van der Waals surface area contributed by atoms with Gasteiger partial charge in [-0.25, -0.2) is 0 Å². The molecule has 1 aliphatic rings. The number of rotatable bonds is 4. The zero-order chi connectivity index (χ0) is 12.1. The fraction of sp³-hybridized carbons (Fsp3) is 0.583. The van der Waals surface area contributed by atoms with Gasteiger partial charge in [-0.3, -0.25) is 4.79 Å². The maximum atomic E-state index is 12.0. The molecule has 1 aromatic heterocycles. The summed E-state index contributed by atoms with van der Waals surface area (Å²) in [6.45, 7) is 3.62. The average molecular weight is 253 g/mol. The largest absolute Gasteiger partial charge is 0.329 e. The number of piperidine rings is 1. The van der Waals surface area contributed by atoms with Crippen LogP contribution in [0.3, 0.4) is 0 Å². The van der Waals surface area contributed by atoms with Crippen molar-refractivity contribution in [2.45, 2.75) is 12.8 Å². The maximum absolute atomic E-state index is 12.0. The van der Waals surface area contributed by atoms with E-state index in [1.807, 2.05) is 17.5 Å². The van der Waals surface area contributed by atoms with Crippen LogP contribution in [0.4, 0.5) is 5.00 Å². The second-order valence-electron chi connectivity index (χ2n) is 4.37. The highest BCUT2D eigenvalue weighted by Gasteiger charge is 2.24. The van der Waals surface area contributed by atoms with Gasteiger partial charge in [-0.2, -0.15) is 0 Å². The monoisotopic (exact) mass is 253 g/mol. The Morgan fingerprint density at radius 1 is 1.53 bits per heavy atom. The number of anilines is 1. The summed E-state index contributed by atoms with van der Waals surface area (Å²) in [7, 11) is 0. The molecule has 1 saturated heterocycles. The van der Waals surface area contributed by atoms with Gasteiger partial charge in [0.2, 0.25) is 5.91 Å². The lowest BCUT2D eigenvalue weighted by Crippen LogP contribution is -2.40. The quantitative estimate of drug-likeness (QED) is 0.852. The van der Waals surface area contributed by atoms with Gasteiger partial charge in [0.15, 0.2) is 0 Å². The van der Waals surface area contributed by atoms with E-state index in [1.165, 1.54) is 0 Å². The Bertz CT molecular complexity index is 345. The second-order valence-corrected chi connectivity index (χ2v) is 5.32. The van der Waals surface area contributed by atoms with Crippen molar-refractivity contribution in [2.75, 3.05) is 31.5 Å². The Balaban J connectivity index is 1.78. The molecule has 0 aliphatic carbocycles. The summed E-state index contributed by atoms with van der Waals surface area (Å²) in [5.74, 6) is 0.325. The minimum Gasteiger partial charge on any atom is -0.329 e. The number of carbonyl (C=O) groups is 1. The SMILES string of the molecule is NCCN1CCC(C(=O)Nc2cccs2)CC1. The predicted molar refractivity (Wildman–Crippen MR) is 71.2 cm³/mol. The number of hydrogen-bond donors (Lipinski definition) is 2. The number of likely N-dealkylation sites (tertiary alicyclic amines) is 1. The molecule has 0 radical (unpaired) electrons. The van der Waals surface area contributed by atoms with Crippen molar-refractivity contribution in [1.29, 1.82) is 0 Å². The molecule has 17 heavy (non-hydrogen) atoms. The minimum absolute atomic E-state index is 0.158. The zero-order valence-electron chi connectivity index (χ0n) is 9.89. The van der Waals surface area contributed by atoms with Crippen molar-refractivity contribution < 1.29 is 4.79 Å². The van der Waals surface area contributed by atoms with Gasteiger partial charge in [-0.15, -0.1) is 11.3 Å². The standard InChI is InChI=1S/C12H19N3OS/c13-5-8-15-6-3-10(4-7-15)12(16)14-11-2-1-9-17-11/h1-2,9-10H,3-8,13H2,(H,14,16). The highest BCUT2D eigenvalue weighted by atomic mass is 32.1. The van der Waals surface area contributed by atoms with Gasteiger partial charge in [-0.05, 0) is 43.4 Å². The smallest absolute Gasteiger partial charge is 0.228 e. The zero-order valence-corrected chi connectivity index (χ0v) is 10.7. The van der Waals surface area contributed by atoms with Crippen molar-refractivity contribution in [2.24, 2.45) is 11.7 Å². The molecule has 0 spiro atoms. The number of nitrogens with zero attached hydrogens (tertiary/aromatic N) is 1. The fourth-order valence-electron chi connectivity index (χ4n) is 2.17. The van der Waals surface area contributed by atoms with E-state index < -0.39 is 0 Å². The van der Waals surface area contributed by atoms with E-state index in [-0.39, 0.29) is 11.8 Å². The summed E-state index contributed by atoms with van der Waals surface area (Å²) in [4.78, 5) is 14.3. The van der Waals surface area contributed by atoms with Crippen LogP contribution < -0.4 is 11.1 Å². The molecule has 94 valence electrons. The molecular weight excluding hydrogens is 234 g/mol. The van der Waals surface area contributed by atoms with Gasteiger partial charge in [0, 0.05) is 19.0 Å². The van der Waals surface area contributed by atoms with Crippen molar-refractivity contribution >= 4 is 22.2 Å². The van der Waals surface area contributed by atoms with E-state index in [9.17, 15) is 4.79 Å². The van der Waals surface area contributed by atoms with Crippen molar-refractivity contribution in [3.8, 4) is 0 Å². The first-order valence-electron chi connectivity index (χ1n) is 6.06. The van der Waals surface area contributed by atoms with Crippen LogP contribution in [0.25, 0.3) is 0 Å². The van der Waals surface area contributed by atoms with Gasteiger partial charge < -0.3 is 16.0 Å². The molecule has 0 saturated carbocycles. The molecule has 0 atom stereocenters. The third-order valence-corrected chi connectivity index (χ3v) is 3.96. The van der Waals surface area contributed by atoms with Gasteiger partial charge in [0.05, 0.1) is 5.00 Å². The molecule has 1 aromatic rings. The Hall–Kier alpha value is -0.910. The normalized spacial score (nSPS) is 18.2. The van der Waals surface area contributed by atoms with Crippen LogP contribution in [0.15, 0.2) is 17.5 Å². The molecular formula is C12H19N3OS. The van der Waals surface area contributed by atoms with E-state index in [4.69, 9.17) is 5.73 Å². The number of hydrogen-bond acceptors (Lipinski definition) is 4. The van der Waals surface area contributed by atoms with E-state index >= 15 is 0 Å². The summed E-state index contributed by atoms with van der Waals surface area (Å²) < 4.78 is 0. The molecule has 5 heteroatoms. The predicted octanol–water partition coefficient (Wildman–Crippen LogP) is 1.36. The summed E-state index contributed by atoms with van der Waals surface area (Å²) in [6.07, 6.45) is 1.88. The summed E-state index contributed by atoms with van der Waals surface area (Å²) >= 11 is 1.57. The lowest BCUT2D eigenvalue weighted by atomic mass is 9.96. The van der Waals surface area contributed by atoms with Crippen LogP contribution in [0.2, 0.25) is 0 Å². The maximum Gasteiger partial charge on any atom is 0.228 e. The molecule has 1 aliphatic heterocycles. The molecule has 0 aromatic carbocycles. The number of nitrogens with two attached hydrogens (primary N) is 1. The van der Waals surface area contributed by atoms with Crippen molar-refractivity contribution in [3.05, 3.63) is 17.5 Å². The first-order valence-corrected chi connectivity index (χ1v) is 6.94. The molecule has 1 fully saturated rings. The summed E-state index contributed by atoms with van der Waals surface area (Å²) in [6, 6.07) is 3.89. The Kier molecular flexibility index (Phi) is 4.53. The second kappa shape index (κ2) is 6.14. The first-order chi connectivity index (χ1) is 8.29. The van der Waals surface area contributed by atoms with E-state index in [0.29, 0.717) is 6.54 Å². The van der Waals surface area contributed by atoms with Crippen LogP contribution in [0, 0.1) is 5.92 Å². The lowest BCUT2D eigenvalue weighted by molar-refractivity contribution is -0.121. The van der Waals surface area contributed by atoms with Gasteiger partial charge in [-0.1, -0.05) is 0 Å². The van der Waals surface area contributed by atoms with Gasteiger partial charge in [0.25, 0.3) is 0 Å².